The second-order valence-corrected chi connectivity index (χ2v) is 17.6. The first kappa shape index (κ1) is 51.2. The van der Waals surface area contributed by atoms with Crippen molar-refractivity contribution in [1.29, 1.82) is 0 Å². The number of aliphatic hydroxyl groups excluding tert-OH is 1. The van der Waals surface area contributed by atoms with Gasteiger partial charge in [0.15, 0.2) is 0 Å². The van der Waals surface area contributed by atoms with Gasteiger partial charge in [-0.1, -0.05) is 6.92 Å². The Hall–Kier alpha value is -2.79. The monoisotopic (exact) mass is 911 g/mol. The van der Waals surface area contributed by atoms with E-state index in [1.54, 1.807) is 11.3 Å². The van der Waals surface area contributed by atoms with Crippen molar-refractivity contribution in [1.82, 2.24) is 20.0 Å². The highest BCUT2D eigenvalue weighted by molar-refractivity contribution is 7.13. The van der Waals surface area contributed by atoms with Crippen molar-refractivity contribution in [3.05, 3.63) is 21.4 Å². The van der Waals surface area contributed by atoms with E-state index < -0.39 is 0 Å². The molecule has 0 bridgehead atoms. The number of hydrogen-bond donors (Lipinski definition) is 3. The molecule has 0 unspecified atom stereocenters. The van der Waals surface area contributed by atoms with Crippen LogP contribution in [-0.2, 0) is 54.0 Å². The van der Waals surface area contributed by atoms with Gasteiger partial charge in [-0.15, -0.1) is 11.3 Å². The van der Waals surface area contributed by atoms with Crippen LogP contribution in [0, 0.1) is 5.41 Å². The Labute approximate surface area is 377 Å². The number of aliphatic imine (C=N–C) groups is 1. The summed E-state index contributed by atoms with van der Waals surface area (Å²) in [5, 5.41) is 11.4. The van der Waals surface area contributed by atoms with Crippen LogP contribution in [0.25, 0.3) is 6.08 Å². The number of ether oxygens (including phenoxy) is 9. The van der Waals surface area contributed by atoms with Gasteiger partial charge in [-0.25, -0.2) is 9.79 Å². The Balaban J connectivity index is 0.823. The predicted octanol–water partition coefficient (Wildman–Crippen LogP) is 2.67. The minimum atomic E-state index is -0.373. The third-order valence-electron chi connectivity index (χ3n) is 11.0. The summed E-state index contributed by atoms with van der Waals surface area (Å²) in [4.78, 5) is 39.5. The fourth-order valence-electron chi connectivity index (χ4n) is 7.78. The molecule has 18 nitrogen and oxygen atoms in total. The number of carbonyl (C=O) groups is 2. The smallest absolute Gasteiger partial charge is 0.407 e. The zero-order chi connectivity index (χ0) is 44.4. The number of nitrogens with two attached hydrogens (primary N) is 1. The maximum absolute atomic E-state index is 13.7. The normalized spacial score (nSPS) is 17.3. The van der Waals surface area contributed by atoms with Crippen LogP contribution in [0.2, 0.25) is 0 Å². The van der Waals surface area contributed by atoms with Gasteiger partial charge in [0, 0.05) is 81.2 Å². The number of alkyl carbamates (subject to hydrolysis) is 1. The molecule has 4 aliphatic rings. The van der Waals surface area contributed by atoms with E-state index >= 15 is 0 Å². The van der Waals surface area contributed by atoms with E-state index in [-0.39, 0.29) is 24.7 Å². The number of hydrogen-bond acceptors (Lipinski definition) is 17. The maximum atomic E-state index is 13.7. The van der Waals surface area contributed by atoms with Crippen LogP contribution >= 0.6 is 11.3 Å². The van der Waals surface area contributed by atoms with E-state index in [1.807, 2.05) is 11.0 Å². The summed E-state index contributed by atoms with van der Waals surface area (Å²) >= 11 is 1.69. The quantitative estimate of drug-likeness (QED) is 0.0831. The van der Waals surface area contributed by atoms with Crippen molar-refractivity contribution in [2.45, 2.75) is 58.1 Å². The number of likely N-dealkylation sites (tertiary alicyclic amines) is 2. The fourth-order valence-corrected chi connectivity index (χ4v) is 8.89. The van der Waals surface area contributed by atoms with Crippen LogP contribution in [0.5, 0.6) is 0 Å². The molecule has 0 atom stereocenters. The number of nitrogens with zero attached hydrogens (tertiary/aromatic N) is 4. The molecule has 3 fully saturated rings. The molecule has 4 N–H and O–H groups in total. The average Bonchev–Trinajstić information content (AvgIpc) is 3.52. The van der Waals surface area contributed by atoms with Crippen molar-refractivity contribution in [2.24, 2.45) is 16.1 Å². The molecule has 63 heavy (non-hydrogen) atoms. The molecule has 3 aliphatic heterocycles. The van der Waals surface area contributed by atoms with E-state index in [9.17, 15) is 9.59 Å². The number of amides is 2. The lowest BCUT2D eigenvalue weighted by Gasteiger charge is -2.60. The first-order valence-electron chi connectivity index (χ1n) is 22.9. The Kier molecular flexibility index (Phi) is 24.1. The van der Waals surface area contributed by atoms with Gasteiger partial charge >= 0.3 is 6.09 Å². The van der Waals surface area contributed by atoms with Gasteiger partial charge in [-0.05, 0) is 44.2 Å². The van der Waals surface area contributed by atoms with Gasteiger partial charge in [0.1, 0.15) is 11.9 Å². The molecule has 1 aromatic rings. The summed E-state index contributed by atoms with van der Waals surface area (Å²) in [7, 11) is 0. The summed E-state index contributed by atoms with van der Waals surface area (Å²) in [6.45, 7) is 18.0. The number of aliphatic hydroxyl groups is 1. The maximum Gasteiger partial charge on any atom is 0.407 e. The Morgan fingerprint density at radius 2 is 1.35 bits per heavy atom. The van der Waals surface area contributed by atoms with Crippen LogP contribution in [0.4, 0.5) is 10.5 Å². The summed E-state index contributed by atoms with van der Waals surface area (Å²) < 4.78 is 49.3. The topological polar surface area (TPSA) is 198 Å². The molecule has 0 aromatic carbocycles. The second kappa shape index (κ2) is 29.7. The molecule has 1 aromatic heterocycles. The SMILES string of the molecule is CCCN(CCCNC(=O)OC1CCC1)C(=O)C1=Cc2sc(CN3CC4(CN(CCOCCOCCOCCOCCOCCOCCOCCOCCO)C4)C3)cc2N=C(N)C1. The molecule has 19 heteroatoms. The van der Waals surface area contributed by atoms with Crippen molar-refractivity contribution >= 4 is 40.9 Å². The molecular formula is C44H74N6O12S. The Morgan fingerprint density at radius 3 is 1.87 bits per heavy atom. The largest absolute Gasteiger partial charge is 0.446 e. The Morgan fingerprint density at radius 1 is 0.810 bits per heavy atom. The first-order valence-corrected chi connectivity index (χ1v) is 23.8. The first-order chi connectivity index (χ1) is 30.9. The van der Waals surface area contributed by atoms with Crippen LogP contribution in [0.3, 0.4) is 0 Å². The summed E-state index contributed by atoms with van der Waals surface area (Å²) in [5.41, 5.74) is 8.21. The summed E-state index contributed by atoms with van der Waals surface area (Å²) in [6.07, 6.45) is 6.46. The molecule has 358 valence electrons. The second-order valence-electron chi connectivity index (χ2n) is 16.4. The van der Waals surface area contributed by atoms with E-state index in [4.69, 9.17) is 58.5 Å². The van der Waals surface area contributed by atoms with Gasteiger partial charge in [-0.3, -0.25) is 14.6 Å². The van der Waals surface area contributed by atoms with Gasteiger partial charge in [0.05, 0.1) is 123 Å². The van der Waals surface area contributed by atoms with Gasteiger partial charge in [-0.2, -0.15) is 0 Å². The molecule has 1 aliphatic carbocycles. The third-order valence-corrected chi connectivity index (χ3v) is 12.1. The van der Waals surface area contributed by atoms with Crippen LogP contribution < -0.4 is 11.1 Å². The number of carbonyl (C=O) groups excluding carboxylic acids is 2. The average molecular weight is 911 g/mol. The molecule has 4 heterocycles. The van der Waals surface area contributed by atoms with Crippen molar-refractivity contribution in [2.75, 3.05) is 165 Å². The van der Waals surface area contributed by atoms with Crippen molar-refractivity contribution in [3.8, 4) is 0 Å². The molecule has 1 saturated carbocycles. The lowest BCUT2D eigenvalue weighted by atomic mass is 9.73. The molecule has 1 spiro atoms. The number of nitrogens with one attached hydrogen (secondary N) is 1. The summed E-state index contributed by atoms with van der Waals surface area (Å²) in [6, 6.07) is 2.12. The molecule has 2 amide bonds. The molecular weight excluding hydrogens is 837 g/mol. The number of fused-ring (bicyclic) bond motifs is 1. The zero-order valence-corrected chi connectivity index (χ0v) is 38.4. The van der Waals surface area contributed by atoms with Gasteiger partial charge in [0.25, 0.3) is 0 Å². The van der Waals surface area contributed by atoms with Crippen LogP contribution in [0.1, 0.15) is 55.2 Å². The standard InChI is InChI=1S/C44H74N6O12S/c1-2-8-50(9-4-7-46-43(53)62-37-5-3-6-37)42(52)36-28-40-39(47-41(45)29-36)30-38(63-40)31-49-34-44(35-49)32-48(33-44)10-12-54-14-16-56-18-20-58-22-24-60-26-27-61-25-23-59-21-19-57-17-15-55-13-11-51/h28,30,37,51H,2-27,29,31-35H2,1H3,(H2,45,47)(H,46,53). The van der Waals surface area contributed by atoms with Crippen LogP contribution in [0.15, 0.2) is 16.6 Å². The van der Waals surface area contributed by atoms with Crippen molar-refractivity contribution in [3.63, 3.8) is 0 Å². The highest BCUT2D eigenvalue weighted by Gasteiger charge is 2.51. The number of rotatable bonds is 36. The van der Waals surface area contributed by atoms with Gasteiger partial charge < -0.3 is 63.7 Å². The minimum absolute atomic E-state index is 0.0214. The highest BCUT2D eigenvalue weighted by Crippen LogP contribution is 2.42. The van der Waals surface area contributed by atoms with E-state index in [0.29, 0.717) is 155 Å². The summed E-state index contributed by atoms with van der Waals surface area (Å²) in [5.74, 6) is 0.422. The number of amidine groups is 1. The van der Waals surface area contributed by atoms with Gasteiger partial charge in [0.2, 0.25) is 5.91 Å². The number of thiophene rings is 1. The third kappa shape index (κ3) is 19.3. The lowest BCUT2D eigenvalue weighted by molar-refractivity contribution is -0.127. The van der Waals surface area contributed by atoms with E-state index in [0.717, 1.165) is 75.5 Å². The predicted molar refractivity (Wildman–Crippen MR) is 240 cm³/mol. The molecule has 5 rings (SSSR count). The highest BCUT2D eigenvalue weighted by atomic mass is 32.1. The Bertz CT molecular complexity index is 1520. The fraction of sp³-hybridized carbons (Fsp3) is 0.795. The van der Waals surface area contributed by atoms with E-state index in [2.05, 4.69) is 28.1 Å². The zero-order valence-electron chi connectivity index (χ0n) is 37.6. The minimum Gasteiger partial charge on any atom is -0.446 e. The van der Waals surface area contributed by atoms with Crippen LogP contribution in [-0.4, -0.2) is 208 Å². The van der Waals surface area contributed by atoms with E-state index in [1.165, 1.54) is 4.88 Å². The van der Waals surface area contributed by atoms with Crippen molar-refractivity contribution < 1.29 is 57.3 Å². The molecule has 0 radical (unpaired) electrons. The molecule has 2 saturated heterocycles. The lowest BCUT2D eigenvalue weighted by Crippen LogP contribution is -2.71.